The predicted octanol–water partition coefficient (Wildman–Crippen LogP) is 4.97. The van der Waals surface area contributed by atoms with Crippen molar-refractivity contribution in [2.75, 3.05) is 13.2 Å². The third kappa shape index (κ3) is 4.57. The van der Waals surface area contributed by atoms with Gasteiger partial charge in [-0.1, -0.05) is 12.1 Å². The highest BCUT2D eigenvalue weighted by atomic mass is 16.5. The van der Waals surface area contributed by atoms with Crippen LogP contribution in [0.1, 0.15) is 31.9 Å². The molecule has 5 nitrogen and oxygen atoms in total. The number of hydrogen-bond acceptors (Lipinski definition) is 4. The molecule has 0 unspecified atom stereocenters. The Morgan fingerprint density at radius 3 is 1.62 bits per heavy atom. The van der Waals surface area contributed by atoms with Crippen LogP contribution in [0.2, 0.25) is 0 Å². The van der Waals surface area contributed by atoms with Crippen molar-refractivity contribution >= 4 is 45.9 Å². The van der Waals surface area contributed by atoms with Gasteiger partial charge in [0.1, 0.15) is 0 Å². The average molecular weight is 391 g/mol. The lowest BCUT2D eigenvalue weighted by Crippen LogP contribution is -1.98. The lowest BCUT2D eigenvalue weighted by molar-refractivity contribution is -0.138. The first-order valence-corrected chi connectivity index (χ1v) is 9.83. The Kier molecular flexibility index (Phi) is 6.50. The van der Waals surface area contributed by atoms with Crippen LogP contribution in [0.3, 0.4) is 0 Å². The summed E-state index contributed by atoms with van der Waals surface area (Å²) in [5.74, 6) is -0.704. The van der Waals surface area contributed by atoms with Crippen LogP contribution >= 0.6 is 0 Å². The summed E-state index contributed by atoms with van der Waals surface area (Å²) in [6.45, 7) is 7.23. The second kappa shape index (κ2) is 9.24. The Labute approximate surface area is 170 Å². The van der Waals surface area contributed by atoms with Crippen molar-refractivity contribution in [1.82, 2.24) is 4.57 Å². The molecule has 0 N–H and O–H groups in total. The summed E-state index contributed by atoms with van der Waals surface area (Å²) in [5, 5.41) is 2.19. The standard InChI is InChI=1S/C24H25NO4/c1-4-25-21-11-7-17(9-13-23(26)28-5-2)15-19(21)20-16-18(8-12-22(20)25)10-14-24(27)29-6-3/h7-16H,4-6H2,1-3H3. The number of fused-ring (bicyclic) bond motifs is 3. The zero-order valence-corrected chi connectivity index (χ0v) is 17.0. The molecule has 0 radical (unpaired) electrons. The van der Waals surface area contributed by atoms with Crippen molar-refractivity contribution in [3.8, 4) is 0 Å². The molecular weight excluding hydrogens is 366 g/mol. The van der Waals surface area contributed by atoms with Crippen LogP contribution < -0.4 is 0 Å². The van der Waals surface area contributed by atoms with Crippen molar-refractivity contribution < 1.29 is 19.1 Å². The van der Waals surface area contributed by atoms with E-state index in [1.54, 1.807) is 26.0 Å². The topological polar surface area (TPSA) is 57.5 Å². The molecule has 1 heterocycles. The summed E-state index contributed by atoms with van der Waals surface area (Å²) in [6.07, 6.45) is 6.41. The summed E-state index contributed by atoms with van der Waals surface area (Å²) in [5.41, 5.74) is 4.10. The third-order valence-corrected chi connectivity index (χ3v) is 4.63. The van der Waals surface area contributed by atoms with E-state index in [0.29, 0.717) is 13.2 Å². The van der Waals surface area contributed by atoms with E-state index in [0.717, 1.165) is 39.5 Å². The second-order valence-electron chi connectivity index (χ2n) is 6.47. The van der Waals surface area contributed by atoms with Gasteiger partial charge in [0.15, 0.2) is 0 Å². The molecule has 2 aromatic carbocycles. The van der Waals surface area contributed by atoms with Gasteiger partial charge in [-0.2, -0.15) is 0 Å². The number of hydrogen-bond donors (Lipinski definition) is 0. The van der Waals surface area contributed by atoms with Crippen molar-refractivity contribution in [2.45, 2.75) is 27.3 Å². The number of aryl methyl sites for hydroxylation is 1. The minimum Gasteiger partial charge on any atom is -0.463 e. The number of rotatable bonds is 7. The van der Waals surface area contributed by atoms with Crippen LogP contribution in [0.15, 0.2) is 48.6 Å². The Morgan fingerprint density at radius 1 is 0.793 bits per heavy atom. The van der Waals surface area contributed by atoms with Gasteiger partial charge >= 0.3 is 11.9 Å². The smallest absolute Gasteiger partial charge is 0.330 e. The molecule has 0 saturated heterocycles. The molecular formula is C24H25NO4. The summed E-state index contributed by atoms with van der Waals surface area (Å²) in [7, 11) is 0. The number of esters is 2. The molecule has 0 fully saturated rings. The first-order valence-electron chi connectivity index (χ1n) is 9.83. The normalized spacial score (nSPS) is 11.7. The van der Waals surface area contributed by atoms with Crippen LogP contribution in [0.25, 0.3) is 34.0 Å². The van der Waals surface area contributed by atoms with Gasteiger partial charge in [0, 0.05) is 40.5 Å². The third-order valence-electron chi connectivity index (χ3n) is 4.63. The van der Waals surface area contributed by atoms with Crippen molar-refractivity contribution in [2.24, 2.45) is 0 Å². The number of ether oxygens (including phenoxy) is 2. The Hall–Kier alpha value is -3.34. The number of carbonyl (C=O) groups excluding carboxylic acids is 2. The van der Waals surface area contributed by atoms with Gasteiger partial charge in [-0.25, -0.2) is 9.59 Å². The fourth-order valence-electron chi connectivity index (χ4n) is 3.40. The zero-order valence-electron chi connectivity index (χ0n) is 17.0. The fourth-order valence-corrected chi connectivity index (χ4v) is 3.40. The molecule has 1 aromatic heterocycles. The predicted molar refractivity (Wildman–Crippen MR) is 116 cm³/mol. The van der Waals surface area contributed by atoms with Gasteiger partial charge < -0.3 is 14.0 Å². The summed E-state index contributed by atoms with van der Waals surface area (Å²) < 4.78 is 12.1. The second-order valence-corrected chi connectivity index (χ2v) is 6.47. The van der Waals surface area contributed by atoms with Gasteiger partial charge in [-0.05, 0) is 68.3 Å². The van der Waals surface area contributed by atoms with E-state index in [4.69, 9.17) is 9.47 Å². The molecule has 3 aromatic rings. The maximum atomic E-state index is 11.6. The minimum absolute atomic E-state index is 0.352. The molecule has 0 aliphatic carbocycles. The molecule has 150 valence electrons. The number of carbonyl (C=O) groups is 2. The van der Waals surface area contributed by atoms with Gasteiger partial charge in [-0.3, -0.25) is 0 Å². The minimum atomic E-state index is -0.352. The fraction of sp³-hybridized carbons (Fsp3) is 0.250. The Balaban J connectivity index is 2.05. The zero-order chi connectivity index (χ0) is 20.8. The maximum absolute atomic E-state index is 11.6. The molecule has 0 aliphatic rings. The van der Waals surface area contributed by atoms with E-state index in [2.05, 4.69) is 35.8 Å². The molecule has 0 saturated carbocycles. The summed E-state index contributed by atoms with van der Waals surface area (Å²) in [4.78, 5) is 23.2. The van der Waals surface area contributed by atoms with E-state index in [1.807, 2.05) is 12.1 Å². The Bertz CT molecular complexity index is 1020. The number of benzene rings is 2. The van der Waals surface area contributed by atoms with Gasteiger partial charge in [0.05, 0.1) is 13.2 Å². The van der Waals surface area contributed by atoms with Crippen LogP contribution in [0.5, 0.6) is 0 Å². The first kappa shape index (κ1) is 20.4. The van der Waals surface area contributed by atoms with E-state index in [1.165, 1.54) is 12.2 Å². The first-order chi connectivity index (χ1) is 14.1. The van der Waals surface area contributed by atoms with Crippen LogP contribution in [-0.2, 0) is 25.6 Å². The Morgan fingerprint density at radius 2 is 1.24 bits per heavy atom. The lowest BCUT2D eigenvalue weighted by Gasteiger charge is -2.03. The van der Waals surface area contributed by atoms with Crippen LogP contribution in [0, 0.1) is 0 Å². The van der Waals surface area contributed by atoms with Crippen molar-refractivity contribution in [1.29, 1.82) is 0 Å². The average Bonchev–Trinajstić information content (AvgIpc) is 3.03. The van der Waals surface area contributed by atoms with Crippen molar-refractivity contribution in [3.63, 3.8) is 0 Å². The van der Waals surface area contributed by atoms with E-state index in [-0.39, 0.29) is 11.9 Å². The quantitative estimate of drug-likeness (QED) is 0.422. The highest BCUT2D eigenvalue weighted by molar-refractivity contribution is 6.09. The monoisotopic (exact) mass is 391 g/mol. The highest BCUT2D eigenvalue weighted by Gasteiger charge is 2.10. The van der Waals surface area contributed by atoms with E-state index >= 15 is 0 Å². The molecule has 0 amide bonds. The molecule has 3 rings (SSSR count). The van der Waals surface area contributed by atoms with Crippen LogP contribution in [-0.4, -0.2) is 29.7 Å². The number of aromatic nitrogens is 1. The van der Waals surface area contributed by atoms with Crippen molar-refractivity contribution in [3.05, 3.63) is 59.7 Å². The number of nitrogens with zero attached hydrogens (tertiary/aromatic N) is 1. The summed E-state index contributed by atoms with van der Waals surface area (Å²) in [6, 6.07) is 12.3. The summed E-state index contributed by atoms with van der Waals surface area (Å²) >= 11 is 0. The lowest BCUT2D eigenvalue weighted by atomic mass is 10.1. The molecule has 0 atom stereocenters. The van der Waals surface area contributed by atoms with Gasteiger partial charge in [0.2, 0.25) is 0 Å². The molecule has 5 heteroatoms. The van der Waals surface area contributed by atoms with Crippen LogP contribution in [0.4, 0.5) is 0 Å². The van der Waals surface area contributed by atoms with E-state index < -0.39 is 0 Å². The van der Waals surface area contributed by atoms with E-state index in [9.17, 15) is 9.59 Å². The highest BCUT2D eigenvalue weighted by Crippen LogP contribution is 2.31. The van der Waals surface area contributed by atoms with Gasteiger partial charge in [-0.15, -0.1) is 0 Å². The molecule has 0 bridgehead atoms. The molecule has 0 aliphatic heterocycles. The maximum Gasteiger partial charge on any atom is 0.330 e. The SMILES string of the molecule is CCOC(=O)C=Cc1ccc2c(c1)c1cc(C=CC(=O)OCC)ccc1n2CC. The van der Waals surface area contributed by atoms with Gasteiger partial charge in [0.25, 0.3) is 0 Å². The molecule has 0 spiro atoms. The molecule has 29 heavy (non-hydrogen) atoms. The largest absolute Gasteiger partial charge is 0.463 e.